The third-order valence-electron chi connectivity index (χ3n) is 3.73. The zero-order valence-electron chi connectivity index (χ0n) is 12.3. The predicted molar refractivity (Wildman–Crippen MR) is 78.7 cm³/mol. The highest BCUT2D eigenvalue weighted by Crippen LogP contribution is 2.30. The van der Waals surface area contributed by atoms with Crippen molar-refractivity contribution >= 4 is 11.6 Å². The summed E-state index contributed by atoms with van der Waals surface area (Å²) in [6, 6.07) is -0.148. The third kappa shape index (κ3) is 2.83. The zero-order chi connectivity index (χ0) is 15.1. The van der Waals surface area contributed by atoms with E-state index in [1.165, 1.54) is 4.57 Å². The minimum Gasteiger partial charge on any atom is -0.375 e. The lowest BCUT2D eigenvalue weighted by atomic mass is 9.93. The minimum atomic E-state index is -0.438. The summed E-state index contributed by atoms with van der Waals surface area (Å²) in [5.74, 6) is -0.0362. The normalized spacial score (nSPS) is 22.2. The van der Waals surface area contributed by atoms with E-state index in [0.29, 0.717) is 25.0 Å². The van der Waals surface area contributed by atoms with Crippen LogP contribution in [-0.2, 0) is 4.74 Å². The summed E-state index contributed by atoms with van der Waals surface area (Å²) in [7, 11) is 0. The number of hydrogen-bond donors (Lipinski definition) is 1. The van der Waals surface area contributed by atoms with Crippen molar-refractivity contribution in [2.75, 3.05) is 6.61 Å². The van der Waals surface area contributed by atoms with E-state index < -0.39 is 5.69 Å². The number of H-pyrrole nitrogens is 1. The fourth-order valence-electron chi connectivity index (χ4n) is 2.79. The molecule has 0 aliphatic carbocycles. The number of ether oxygens (including phenoxy) is 1. The van der Waals surface area contributed by atoms with Crippen molar-refractivity contribution in [1.82, 2.24) is 9.55 Å². The van der Waals surface area contributed by atoms with E-state index in [1.54, 1.807) is 0 Å². The number of aromatic nitrogens is 2. The van der Waals surface area contributed by atoms with Crippen molar-refractivity contribution in [3.05, 3.63) is 31.6 Å². The molecule has 0 spiro atoms. The van der Waals surface area contributed by atoms with Gasteiger partial charge in [-0.3, -0.25) is 14.3 Å². The van der Waals surface area contributed by atoms with Crippen LogP contribution >= 0.6 is 11.6 Å². The van der Waals surface area contributed by atoms with Gasteiger partial charge in [-0.05, 0) is 32.6 Å². The van der Waals surface area contributed by atoms with Gasteiger partial charge in [0.1, 0.15) is 5.15 Å². The monoisotopic (exact) mass is 300 g/mol. The van der Waals surface area contributed by atoms with Gasteiger partial charge >= 0.3 is 5.69 Å². The first-order chi connectivity index (χ1) is 9.23. The number of rotatable bonds is 2. The molecule has 1 aromatic heterocycles. The number of halogens is 1. The van der Waals surface area contributed by atoms with E-state index >= 15 is 0 Å². The summed E-state index contributed by atoms with van der Waals surface area (Å²) in [4.78, 5) is 27.3. The molecule has 2 heterocycles. The molecule has 0 bridgehead atoms. The Kier molecular flexibility index (Phi) is 4.12. The molecule has 1 N–H and O–H groups in total. The molecule has 1 saturated heterocycles. The quantitative estimate of drug-likeness (QED) is 0.853. The molecule has 1 aromatic rings. The molecular weight excluding hydrogens is 280 g/mol. The summed E-state index contributed by atoms with van der Waals surface area (Å²) in [5, 5.41) is 0.151. The highest BCUT2D eigenvalue weighted by Gasteiger charge is 2.32. The number of aromatic amines is 1. The number of hydrogen-bond acceptors (Lipinski definition) is 3. The maximum atomic E-state index is 12.6. The second kappa shape index (κ2) is 5.37. The summed E-state index contributed by atoms with van der Waals surface area (Å²) in [6.45, 7) is 8.26. The van der Waals surface area contributed by atoms with Crippen molar-refractivity contribution in [1.29, 1.82) is 0 Å². The van der Waals surface area contributed by atoms with Gasteiger partial charge in [0.25, 0.3) is 5.56 Å². The standard InChI is InChI=1S/C14H21ClN2O3/c1-8(2)10-11(15)16-13(19)17(12(10)18)9-5-6-20-14(3,4)7-9/h8-9H,5-7H2,1-4H3,(H,16,19). The Hall–Kier alpha value is -1.07. The average molecular weight is 301 g/mol. The molecule has 2 rings (SSSR count). The summed E-state index contributed by atoms with van der Waals surface area (Å²) < 4.78 is 6.96. The van der Waals surface area contributed by atoms with Gasteiger partial charge in [-0.15, -0.1) is 0 Å². The van der Waals surface area contributed by atoms with E-state index in [1.807, 2.05) is 27.7 Å². The summed E-state index contributed by atoms with van der Waals surface area (Å²) in [6.07, 6.45) is 1.29. The fourth-order valence-corrected chi connectivity index (χ4v) is 3.17. The molecule has 0 aromatic carbocycles. The largest absolute Gasteiger partial charge is 0.375 e. The molecule has 1 atom stereocenters. The van der Waals surface area contributed by atoms with Crippen molar-refractivity contribution in [3.63, 3.8) is 0 Å². The van der Waals surface area contributed by atoms with Crippen LogP contribution in [0.15, 0.2) is 9.59 Å². The lowest BCUT2D eigenvalue weighted by Gasteiger charge is -2.36. The van der Waals surface area contributed by atoms with Crippen LogP contribution in [0.4, 0.5) is 0 Å². The Morgan fingerprint density at radius 2 is 2.05 bits per heavy atom. The molecule has 1 aliphatic rings. The molecule has 0 saturated carbocycles. The Morgan fingerprint density at radius 3 is 2.60 bits per heavy atom. The second-order valence-corrected chi connectivity index (χ2v) is 6.62. The Morgan fingerprint density at radius 1 is 1.40 bits per heavy atom. The first kappa shape index (κ1) is 15.3. The number of nitrogens with zero attached hydrogens (tertiary/aromatic N) is 1. The van der Waals surface area contributed by atoms with Crippen LogP contribution in [0, 0.1) is 0 Å². The Bertz CT molecular complexity index is 616. The first-order valence-electron chi connectivity index (χ1n) is 6.91. The molecule has 6 heteroatoms. The molecule has 0 amide bonds. The fraction of sp³-hybridized carbons (Fsp3) is 0.714. The lowest BCUT2D eigenvalue weighted by Crippen LogP contribution is -2.45. The van der Waals surface area contributed by atoms with Gasteiger partial charge in [-0.1, -0.05) is 25.4 Å². The molecule has 5 nitrogen and oxygen atoms in total. The maximum Gasteiger partial charge on any atom is 0.329 e. The van der Waals surface area contributed by atoms with Crippen molar-refractivity contribution < 1.29 is 4.74 Å². The van der Waals surface area contributed by atoms with Gasteiger partial charge in [0.2, 0.25) is 0 Å². The third-order valence-corrected chi connectivity index (χ3v) is 4.03. The van der Waals surface area contributed by atoms with E-state index in [0.717, 1.165) is 0 Å². The van der Waals surface area contributed by atoms with Gasteiger partial charge in [-0.2, -0.15) is 0 Å². The van der Waals surface area contributed by atoms with Crippen LogP contribution in [0.3, 0.4) is 0 Å². The minimum absolute atomic E-state index is 0.0362. The van der Waals surface area contributed by atoms with Gasteiger partial charge in [0.05, 0.1) is 11.2 Å². The molecular formula is C14H21ClN2O3. The van der Waals surface area contributed by atoms with Crippen LogP contribution in [0.25, 0.3) is 0 Å². The van der Waals surface area contributed by atoms with Crippen LogP contribution in [0.1, 0.15) is 58.1 Å². The SMILES string of the molecule is CC(C)c1c(Cl)[nH]c(=O)n(C2CCOC(C)(C)C2)c1=O. The molecule has 0 radical (unpaired) electrons. The van der Waals surface area contributed by atoms with Crippen LogP contribution in [0.2, 0.25) is 5.15 Å². The highest BCUT2D eigenvalue weighted by atomic mass is 35.5. The maximum absolute atomic E-state index is 12.6. The van der Waals surface area contributed by atoms with Crippen LogP contribution < -0.4 is 11.2 Å². The lowest BCUT2D eigenvalue weighted by molar-refractivity contribution is -0.0701. The van der Waals surface area contributed by atoms with Gasteiger partial charge in [0.15, 0.2) is 0 Å². The molecule has 1 fully saturated rings. The first-order valence-corrected chi connectivity index (χ1v) is 7.29. The van der Waals surface area contributed by atoms with E-state index in [9.17, 15) is 9.59 Å². The van der Waals surface area contributed by atoms with Crippen molar-refractivity contribution in [3.8, 4) is 0 Å². The molecule has 112 valence electrons. The highest BCUT2D eigenvalue weighted by molar-refractivity contribution is 6.30. The van der Waals surface area contributed by atoms with E-state index in [4.69, 9.17) is 16.3 Å². The van der Waals surface area contributed by atoms with Gasteiger partial charge in [-0.25, -0.2) is 4.79 Å². The predicted octanol–water partition coefficient (Wildman–Crippen LogP) is 2.44. The zero-order valence-corrected chi connectivity index (χ0v) is 13.1. The molecule has 20 heavy (non-hydrogen) atoms. The summed E-state index contributed by atoms with van der Waals surface area (Å²) >= 11 is 6.00. The topological polar surface area (TPSA) is 64.1 Å². The smallest absolute Gasteiger partial charge is 0.329 e. The van der Waals surface area contributed by atoms with Gasteiger partial charge in [0, 0.05) is 12.6 Å². The number of nitrogens with one attached hydrogen (secondary N) is 1. The Labute approximate surface area is 122 Å². The van der Waals surface area contributed by atoms with E-state index in [-0.39, 0.29) is 28.3 Å². The average Bonchev–Trinajstić information content (AvgIpc) is 2.25. The molecule has 1 unspecified atom stereocenters. The van der Waals surface area contributed by atoms with Crippen molar-refractivity contribution in [2.45, 2.75) is 58.1 Å². The Balaban J connectivity index is 2.55. The van der Waals surface area contributed by atoms with Gasteiger partial charge < -0.3 is 4.74 Å². The van der Waals surface area contributed by atoms with E-state index in [2.05, 4.69) is 4.98 Å². The second-order valence-electron chi connectivity index (χ2n) is 6.24. The molecule has 1 aliphatic heterocycles. The van der Waals surface area contributed by atoms with Crippen molar-refractivity contribution in [2.24, 2.45) is 0 Å². The summed E-state index contributed by atoms with van der Waals surface area (Å²) in [5.41, 5.74) is -0.578. The van der Waals surface area contributed by atoms with Crippen LogP contribution in [0.5, 0.6) is 0 Å². The van der Waals surface area contributed by atoms with Crippen LogP contribution in [-0.4, -0.2) is 21.8 Å².